The van der Waals surface area contributed by atoms with Crippen molar-refractivity contribution < 1.29 is 19.4 Å². The molecule has 0 aliphatic rings. The van der Waals surface area contributed by atoms with Crippen molar-refractivity contribution in [3.8, 4) is 5.75 Å². The van der Waals surface area contributed by atoms with Gasteiger partial charge in [-0.1, -0.05) is 0 Å². The molecule has 1 aromatic rings. The summed E-state index contributed by atoms with van der Waals surface area (Å²) >= 11 is 2.74. The lowest BCUT2D eigenvalue weighted by molar-refractivity contribution is -0.133. The summed E-state index contributed by atoms with van der Waals surface area (Å²) in [6, 6.07) is 7.61. The van der Waals surface area contributed by atoms with E-state index in [1.165, 1.54) is 23.5 Å². The van der Waals surface area contributed by atoms with E-state index in [2.05, 4.69) is 5.32 Å². The maximum Gasteiger partial charge on any atom is 0.313 e. The Balaban J connectivity index is 2.16. The highest BCUT2D eigenvalue weighted by Gasteiger charge is 2.03. The zero-order valence-corrected chi connectivity index (χ0v) is 13.5. The Morgan fingerprint density at radius 1 is 1.24 bits per heavy atom. The van der Waals surface area contributed by atoms with Crippen molar-refractivity contribution in [2.75, 3.05) is 30.4 Å². The first-order chi connectivity index (χ1) is 10.1. The van der Waals surface area contributed by atoms with Crippen LogP contribution in [-0.4, -0.2) is 47.4 Å². The highest BCUT2D eigenvalue weighted by atomic mass is 32.2. The number of benzene rings is 1. The minimum atomic E-state index is -0.836. The first-order valence-electron chi connectivity index (χ1n) is 6.53. The minimum absolute atomic E-state index is 0.0511. The molecule has 5 nitrogen and oxygen atoms in total. The van der Waals surface area contributed by atoms with Crippen LogP contribution in [0, 0.1) is 0 Å². The van der Waals surface area contributed by atoms with Crippen molar-refractivity contribution >= 4 is 35.4 Å². The number of amides is 1. The predicted octanol–water partition coefficient (Wildman–Crippen LogP) is 2.11. The molecule has 0 atom stereocenters. The van der Waals surface area contributed by atoms with Gasteiger partial charge in [0.05, 0.1) is 18.1 Å². The predicted molar refractivity (Wildman–Crippen MR) is 86.3 cm³/mol. The lowest BCUT2D eigenvalue weighted by Gasteiger charge is -2.06. The molecule has 0 spiro atoms. The van der Waals surface area contributed by atoms with Crippen LogP contribution >= 0.6 is 23.5 Å². The van der Waals surface area contributed by atoms with Crippen molar-refractivity contribution in [3.63, 3.8) is 0 Å². The molecule has 0 aliphatic carbocycles. The van der Waals surface area contributed by atoms with Gasteiger partial charge in [0.25, 0.3) is 0 Å². The summed E-state index contributed by atoms with van der Waals surface area (Å²) in [5.74, 6) is 0.948. The highest BCUT2D eigenvalue weighted by Crippen LogP contribution is 2.21. The van der Waals surface area contributed by atoms with Gasteiger partial charge in [-0.3, -0.25) is 9.59 Å². The Kier molecular flexibility index (Phi) is 8.77. The van der Waals surface area contributed by atoms with Gasteiger partial charge in [-0.2, -0.15) is 0 Å². The standard InChI is InChI=1S/C14H19NO4S2/c1-2-19-11-3-5-12(6-4-11)21-9-13(16)15-7-8-20-10-14(17)18/h3-6H,2,7-10H2,1H3,(H,15,16)(H,17,18). The second-order valence-electron chi connectivity index (χ2n) is 3.99. The van der Waals surface area contributed by atoms with Crippen molar-refractivity contribution in [2.24, 2.45) is 0 Å². The van der Waals surface area contributed by atoms with Gasteiger partial charge in [0, 0.05) is 17.2 Å². The van der Waals surface area contributed by atoms with Crippen molar-refractivity contribution in [3.05, 3.63) is 24.3 Å². The van der Waals surface area contributed by atoms with Crippen LogP contribution in [0.4, 0.5) is 0 Å². The van der Waals surface area contributed by atoms with Gasteiger partial charge in [0.1, 0.15) is 5.75 Å². The molecule has 0 unspecified atom stereocenters. The van der Waals surface area contributed by atoms with Gasteiger partial charge in [0.15, 0.2) is 0 Å². The van der Waals surface area contributed by atoms with Crippen LogP contribution in [0.1, 0.15) is 6.92 Å². The van der Waals surface area contributed by atoms with Gasteiger partial charge in [0.2, 0.25) is 5.91 Å². The molecule has 21 heavy (non-hydrogen) atoms. The number of carboxylic acid groups (broad SMARTS) is 1. The van der Waals surface area contributed by atoms with Crippen molar-refractivity contribution in [2.45, 2.75) is 11.8 Å². The Morgan fingerprint density at radius 3 is 2.57 bits per heavy atom. The molecule has 1 aromatic carbocycles. The summed E-state index contributed by atoms with van der Waals surface area (Å²) < 4.78 is 5.35. The molecule has 1 amide bonds. The van der Waals surface area contributed by atoms with Gasteiger partial charge in [-0.15, -0.1) is 23.5 Å². The van der Waals surface area contributed by atoms with Crippen LogP contribution in [0.15, 0.2) is 29.2 Å². The molecule has 0 aromatic heterocycles. The summed E-state index contributed by atoms with van der Waals surface area (Å²) in [6.07, 6.45) is 0. The third-order valence-electron chi connectivity index (χ3n) is 2.30. The number of hydrogen-bond acceptors (Lipinski definition) is 5. The second kappa shape index (κ2) is 10.4. The first-order valence-corrected chi connectivity index (χ1v) is 8.67. The zero-order chi connectivity index (χ0) is 15.5. The molecule has 0 aliphatic heterocycles. The monoisotopic (exact) mass is 329 g/mol. The fraction of sp³-hybridized carbons (Fsp3) is 0.429. The van der Waals surface area contributed by atoms with Gasteiger partial charge in [-0.05, 0) is 31.2 Å². The number of aliphatic carboxylic acids is 1. The molecule has 0 fully saturated rings. The average molecular weight is 329 g/mol. The van der Waals surface area contributed by atoms with Crippen LogP contribution in [-0.2, 0) is 9.59 Å². The highest BCUT2D eigenvalue weighted by molar-refractivity contribution is 8.00. The Morgan fingerprint density at radius 2 is 1.95 bits per heavy atom. The summed E-state index contributed by atoms with van der Waals surface area (Å²) in [6.45, 7) is 3.05. The van der Waals surface area contributed by atoms with E-state index in [9.17, 15) is 9.59 Å². The Bertz CT molecular complexity index is 451. The van der Waals surface area contributed by atoms with Gasteiger partial charge < -0.3 is 15.2 Å². The van der Waals surface area contributed by atoms with Crippen LogP contribution in [0.5, 0.6) is 5.75 Å². The van der Waals surface area contributed by atoms with E-state index in [0.717, 1.165) is 10.6 Å². The molecule has 1 rings (SSSR count). The lowest BCUT2D eigenvalue weighted by atomic mass is 10.3. The topological polar surface area (TPSA) is 75.6 Å². The quantitative estimate of drug-likeness (QED) is 0.506. The minimum Gasteiger partial charge on any atom is -0.494 e. The number of rotatable bonds is 10. The Hall–Kier alpha value is -1.34. The number of carbonyl (C=O) groups excluding carboxylic acids is 1. The van der Waals surface area contributed by atoms with Crippen molar-refractivity contribution in [1.82, 2.24) is 5.32 Å². The van der Waals surface area contributed by atoms with E-state index in [4.69, 9.17) is 9.84 Å². The SMILES string of the molecule is CCOc1ccc(SCC(=O)NCCSCC(=O)O)cc1. The molecule has 0 radical (unpaired) electrons. The third kappa shape index (κ3) is 8.52. The summed E-state index contributed by atoms with van der Waals surface area (Å²) in [4.78, 5) is 22.9. The smallest absolute Gasteiger partial charge is 0.313 e. The van der Waals surface area contributed by atoms with E-state index in [0.29, 0.717) is 24.7 Å². The molecular weight excluding hydrogens is 310 g/mol. The number of thioether (sulfide) groups is 2. The van der Waals surface area contributed by atoms with Gasteiger partial charge in [-0.25, -0.2) is 0 Å². The summed E-state index contributed by atoms with van der Waals surface area (Å²) in [7, 11) is 0. The molecule has 0 saturated heterocycles. The summed E-state index contributed by atoms with van der Waals surface area (Å²) in [5.41, 5.74) is 0. The Labute approximate surface area is 132 Å². The maximum atomic E-state index is 11.6. The number of hydrogen-bond donors (Lipinski definition) is 2. The summed E-state index contributed by atoms with van der Waals surface area (Å²) in [5, 5.41) is 11.2. The molecule has 0 saturated carbocycles. The largest absolute Gasteiger partial charge is 0.494 e. The average Bonchev–Trinajstić information content (AvgIpc) is 2.46. The third-order valence-corrected chi connectivity index (χ3v) is 4.25. The van der Waals surface area contributed by atoms with Crippen LogP contribution < -0.4 is 10.1 Å². The van der Waals surface area contributed by atoms with E-state index in [-0.39, 0.29) is 11.7 Å². The fourth-order valence-electron chi connectivity index (χ4n) is 1.42. The van der Waals surface area contributed by atoms with Gasteiger partial charge >= 0.3 is 5.97 Å². The number of nitrogens with one attached hydrogen (secondary N) is 1. The fourth-order valence-corrected chi connectivity index (χ4v) is 2.71. The van der Waals surface area contributed by atoms with Crippen LogP contribution in [0.2, 0.25) is 0 Å². The van der Waals surface area contributed by atoms with Crippen LogP contribution in [0.3, 0.4) is 0 Å². The molecule has 0 heterocycles. The normalized spacial score (nSPS) is 10.1. The lowest BCUT2D eigenvalue weighted by Crippen LogP contribution is -2.27. The maximum absolute atomic E-state index is 11.6. The van der Waals surface area contributed by atoms with E-state index < -0.39 is 5.97 Å². The van der Waals surface area contributed by atoms with E-state index in [1.54, 1.807) is 0 Å². The van der Waals surface area contributed by atoms with Crippen LogP contribution in [0.25, 0.3) is 0 Å². The first kappa shape index (κ1) is 17.7. The number of ether oxygens (including phenoxy) is 1. The molecule has 0 bridgehead atoms. The zero-order valence-electron chi connectivity index (χ0n) is 11.8. The van der Waals surface area contributed by atoms with Crippen molar-refractivity contribution in [1.29, 1.82) is 0 Å². The molecule has 116 valence electrons. The molecule has 7 heteroatoms. The second-order valence-corrected chi connectivity index (χ2v) is 6.14. The number of carbonyl (C=O) groups is 2. The molecular formula is C14H19NO4S2. The molecule has 2 N–H and O–H groups in total. The number of carboxylic acids is 1. The van der Waals surface area contributed by atoms with E-state index in [1.807, 2.05) is 31.2 Å². The van der Waals surface area contributed by atoms with E-state index >= 15 is 0 Å².